The maximum absolute atomic E-state index is 7.55. The van der Waals surface area contributed by atoms with Crippen molar-refractivity contribution in [1.82, 2.24) is 4.98 Å². The molecule has 1 fully saturated rings. The second-order valence-electron chi connectivity index (χ2n) is 4.46. The number of hydrogen-bond acceptors (Lipinski definition) is 3. The largest absolute Gasteiger partial charge is 0.384 e. The number of anilines is 1. The molecule has 4 nitrogen and oxygen atoms in total. The minimum atomic E-state index is 0.0988. The molecule has 0 spiro atoms. The summed E-state index contributed by atoms with van der Waals surface area (Å²) in [5, 5.41) is 7.55. The van der Waals surface area contributed by atoms with Gasteiger partial charge in [-0.05, 0) is 30.9 Å². The van der Waals surface area contributed by atoms with Gasteiger partial charge in [0.05, 0.1) is 5.56 Å². The number of nitrogen functional groups attached to an aromatic ring is 1. The highest BCUT2D eigenvalue weighted by Gasteiger charge is 2.19. The standard InChI is InChI=1S/C12H18N4/c1-9-4-7-16(8-5-9)12-10(11(13)14)3-2-6-15-12/h2-3,6,9H,4-5,7-8H2,1H3,(H3,13,14). The van der Waals surface area contributed by atoms with E-state index in [-0.39, 0.29) is 5.84 Å². The SMILES string of the molecule is CC1CCN(c2ncccc2C(=N)N)CC1. The van der Waals surface area contributed by atoms with E-state index in [2.05, 4.69) is 16.8 Å². The molecular weight excluding hydrogens is 200 g/mol. The summed E-state index contributed by atoms with van der Waals surface area (Å²) in [5.41, 5.74) is 6.31. The van der Waals surface area contributed by atoms with Crippen LogP contribution in [0.15, 0.2) is 18.3 Å². The van der Waals surface area contributed by atoms with E-state index in [1.807, 2.05) is 12.1 Å². The number of nitrogens with two attached hydrogens (primary N) is 1. The molecule has 0 radical (unpaired) electrons. The van der Waals surface area contributed by atoms with E-state index in [0.717, 1.165) is 30.4 Å². The molecule has 1 saturated heterocycles. The number of amidine groups is 1. The van der Waals surface area contributed by atoms with Crippen molar-refractivity contribution < 1.29 is 0 Å². The van der Waals surface area contributed by atoms with Gasteiger partial charge in [0.25, 0.3) is 0 Å². The van der Waals surface area contributed by atoms with Crippen LogP contribution in [0.5, 0.6) is 0 Å². The fourth-order valence-electron chi connectivity index (χ4n) is 2.08. The Morgan fingerprint density at radius 1 is 1.50 bits per heavy atom. The van der Waals surface area contributed by atoms with E-state index >= 15 is 0 Å². The van der Waals surface area contributed by atoms with Crippen LogP contribution in [0.25, 0.3) is 0 Å². The Balaban J connectivity index is 2.23. The quantitative estimate of drug-likeness (QED) is 0.585. The Bertz CT molecular complexity index is 380. The fraction of sp³-hybridized carbons (Fsp3) is 0.500. The number of pyridine rings is 1. The van der Waals surface area contributed by atoms with Crippen molar-refractivity contribution in [2.45, 2.75) is 19.8 Å². The minimum Gasteiger partial charge on any atom is -0.384 e. The van der Waals surface area contributed by atoms with Gasteiger partial charge < -0.3 is 10.6 Å². The molecule has 2 heterocycles. The van der Waals surface area contributed by atoms with Crippen LogP contribution < -0.4 is 10.6 Å². The molecule has 0 amide bonds. The van der Waals surface area contributed by atoms with Crippen molar-refractivity contribution in [3.63, 3.8) is 0 Å². The molecule has 16 heavy (non-hydrogen) atoms. The average Bonchev–Trinajstić information content (AvgIpc) is 2.30. The van der Waals surface area contributed by atoms with Crippen LogP contribution in [0.2, 0.25) is 0 Å². The smallest absolute Gasteiger partial charge is 0.139 e. The fourth-order valence-corrected chi connectivity index (χ4v) is 2.08. The number of nitrogens with zero attached hydrogens (tertiary/aromatic N) is 2. The molecule has 86 valence electrons. The van der Waals surface area contributed by atoms with Gasteiger partial charge in [-0.25, -0.2) is 4.98 Å². The summed E-state index contributed by atoms with van der Waals surface area (Å²) >= 11 is 0. The van der Waals surface area contributed by atoms with Gasteiger partial charge in [-0.3, -0.25) is 5.41 Å². The van der Waals surface area contributed by atoms with Crippen molar-refractivity contribution in [1.29, 1.82) is 5.41 Å². The van der Waals surface area contributed by atoms with Crippen molar-refractivity contribution in [2.75, 3.05) is 18.0 Å². The van der Waals surface area contributed by atoms with Crippen molar-refractivity contribution in [3.05, 3.63) is 23.9 Å². The molecule has 1 aromatic rings. The van der Waals surface area contributed by atoms with Crippen LogP contribution in [-0.2, 0) is 0 Å². The molecule has 0 atom stereocenters. The van der Waals surface area contributed by atoms with Crippen LogP contribution in [-0.4, -0.2) is 23.9 Å². The molecule has 3 N–H and O–H groups in total. The maximum atomic E-state index is 7.55. The van der Waals surface area contributed by atoms with Gasteiger partial charge in [0.15, 0.2) is 0 Å². The highest BCUT2D eigenvalue weighted by molar-refractivity contribution is 5.99. The first kappa shape index (κ1) is 10.9. The van der Waals surface area contributed by atoms with Crippen LogP contribution in [0.1, 0.15) is 25.3 Å². The van der Waals surface area contributed by atoms with Crippen molar-refractivity contribution in [3.8, 4) is 0 Å². The number of hydrogen-bond donors (Lipinski definition) is 2. The number of nitrogens with one attached hydrogen (secondary N) is 1. The Kier molecular flexibility index (Phi) is 3.08. The highest BCUT2D eigenvalue weighted by Crippen LogP contribution is 2.23. The number of aromatic nitrogens is 1. The zero-order valence-corrected chi connectivity index (χ0v) is 9.61. The predicted octanol–water partition coefficient (Wildman–Crippen LogP) is 1.60. The van der Waals surface area contributed by atoms with Crippen LogP contribution in [0.4, 0.5) is 5.82 Å². The summed E-state index contributed by atoms with van der Waals surface area (Å²) in [4.78, 5) is 6.59. The predicted molar refractivity (Wildman–Crippen MR) is 65.9 cm³/mol. The first-order chi connectivity index (χ1) is 7.68. The van der Waals surface area contributed by atoms with Crippen LogP contribution in [0.3, 0.4) is 0 Å². The van der Waals surface area contributed by atoms with Gasteiger partial charge in [0, 0.05) is 19.3 Å². The van der Waals surface area contributed by atoms with Gasteiger partial charge >= 0.3 is 0 Å². The molecular formula is C12H18N4. The van der Waals surface area contributed by atoms with E-state index in [1.54, 1.807) is 6.20 Å². The Labute approximate surface area is 96.0 Å². The molecule has 2 rings (SSSR count). The number of piperidine rings is 1. The summed E-state index contributed by atoms with van der Waals surface area (Å²) in [5.74, 6) is 1.75. The van der Waals surface area contributed by atoms with Gasteiger partial charge in [-0.1, -0.05) is 6.92 Å². The second-order valence-corrected chi connectivity index (χ2v) is 4.46. The number of rotatable bonds is 2. The lowest BCUT2D eigenvalue weighted by atomic mass is 9.99. The van der Waals surface area contributed by atoms with Gasteiger partial charge in [-0.2, -0.15) is 0 Å². The molecule has 1 aromatic heterocycles. The maximum Gasteiger partial charge on any atom is 0.139 e. The molecule has 4 heteroatoms. The summed E-state index contributed by atoms with van der Waals surface area (Å²) < 4.78 is 0. The zero-order valence-electron chi connectivity index (χ0n) is 9.61. The first-order valence-corrected chi connectivity index (χ1v) is 5.73. The van der Waals surface area contributed by atoms with Crippen LogP contribution >= 0.6 is 0 Å². The summed E-state index contributed by atoms with van der Waals surface area (Å²) in [6.07, 6.45) is 4.14. The van der Waals surface area contributed by atoms with Crippen LogP contribution in [0, 0.1) is 11.3 Å². The van der Waals surface area contributed by atoms with E-state index < -0.39 is 0 Å². The lowest BCUT2D eigenvalue weighted by Crippen LogP contribution is -2.35. The van der Waals surface area contributed by atoms with E-state index in [4.69, 9.17) is 11.1 Å². The first-order valence-electron chi connectivity index (χ1n) is 5.73. The van der Waals surface area contributed by atoms with Crippen molar-refractivity contribution in [2.24, 2.45) is 11.7 Å². The molecule has 1 aliphatic rings. The topological polar surface area (TPSA) is 66.0 Å². The third-order valence-corrected chi connectivity index (χ3v) is 3.16. The third kappa shape index (κ3) is 2.15. The second kappa shape index (κ2) is 4.51. The lowest BCUT2D eigenvalue weighted by Gasteiger charge is -2.32. The Hall–Kier alpha value is -1.58. The summed E-state index contributed by atoms with van der Waals surface area (Å²) in [6, 6.07) is 3.69. The summed E-state index contributed by atoms with van der Waals surface area (Å²) in [6.45, 7) is 4.30. The van der Waals surface area contributed by atoms with E-state index in [9.17, 15) is 0 Å². The molecule has 0 aliphatic carbocycles. The monoisotopic (exact) mass is 218 g/mol. The molecule has 1 aliphatic heterocycles. The lowest BCUT2D eigenvalue weighted by molar-refractivity contribution is 0.436. The van der Waals surface area contributed by atoms with Gasteiger partial charge in [0.1, 0.15) is 11.7 Å². The molecule has 0 saturated carbocycles. The Morgan fingerprint density at radius 3 is 2.81 bits per heavy atom. The minimum absolute atomic E-state index is 0.0988. The van der Waals surface area contributed by atoms with Gasteiger partial charge in [-0.15, -0.1) is 0 Å². The highest BCUT2D eigenvalue weighted by atomic mass is 15.2. The summed E-state index contributed by atoms with van der Waals surface area (Å²) in [7, 11) is 0. The molecule has 0 bridgehead atoms. The normalized spacial score (nSPS) is 17.4. The van der Waals surface area contributed by atoms with E-state index in [1.165, 1.54) is 12.8 Å². The Morgan fingerprint density at radius 2 is 2.19 bits per heavy atom. The van der Waals surface area contributed by atoms with Gasteiger partial charge in [0.2, 0.25) is 0 Å². The zero-order chi connectivity index (χ0) is 11.5. The molecule has 0 unspecified atom stereocenters. The van der Waals surface area contributed by atoms with E-state index in [0.29, 0.717) is 0 Å². The third-order valence-electron chi connectivity index (χ3n) is 3.16. The molecule has 0 aromatic carbocycles. The average molecular weight is 218 g/mol. The van der Waals surface area contributed by atoms with Crippen molar-refractivity contribution >= 4 is 11.7 Å².